The Hall–Kier alpha value is -2.33. The second-order valence-electron chi connectivity index (χ2n) is 5.57. The van der Waals surface area contributed by atoms with Gasteiger partial charge in [-0.2, -0.15) is 0 Å². The summed E-state index contributed by atoms with van der Waals surface area (Å²) in [4.78, 5) is 24.0. The number of benzene rings is 2. The van der Waals surface area contributed by atoms with Crippen LogP contribution in [0.5, 0.6) is 0 Å². The van der Waals surface area contributed by atoms with Crippen molar-refractivity contribution in [1.82, 2.24) is 0 Å². The number of hydrogen-bond donors (Lipinski definition) is 1. The number of carbonyl (C=O) groups is 2. The number of anilines is 1. The monoisotopic (exact) mass is 345 g/mol. The number of nitrogens with one attached hydrogen (secondary N) is 1. The molecule has 0 saturated carbocycles. The summed E-state index contributed by atoms with van der Waals surface area (Å²) in [6.07, 6.45) is -0.0501. The van der Waals surface area contributed by atoms with Gasteiger partial charge >= 0.3 is 5.97 Å². The summed E-state index contributed by atoms with van der Waals surface area (Å²) in [5, 5.41) is 3.26. The summed E-state index contributed by atoms with van der Waals surface area (Å²) in [7, 11) is 0. The van der Waals surface area contributed by atoms with Crippen LogP contribution in [0.3, 0.4) is 0 Å². The van der Waals surface area contributed by atoms with E-state index in [2.05, 4.69) is 5.32 Å². The molecule has 126 valence electrons. The third-order valence-electron chi connectivity index (χ3n) is 3.60. The fourth-order valence-corrected chi connectivity index (χ4v) is 2.34. The molecule has 0 bridgehead atoms. The van der Waals surface area contributed by atoms with Gasteiger partial charge in [0.05, 0.1) is 0 Å². The number of rotatable bonds is 6. The fraction of sp³-hybridized carbons (Fsp3) is 0.263. The van der Waals surface area contributed by atoms with Crippen LogP contribution in [0.4, 0.5) is 5.69 Å². The lowest BCUT2D eigenvalue weighted by molar-refractivity contribution is -0.153. The van der Waals surface area contributed by atoms with Crippen molar-refractivity contribution < 1.29 is 14.3 Å². The molecule has 2 rings (SSSR count). The second-order valence-corrected chi connectivity index (χ2v) is 6.00. The molecule has 1 atom stereocenters. The second kappa shape index (κ2) is 8.50. The van der Waals surface area contributed by atoms with E-state index in [-0.39, 0.29) is 12.3 Å². The summed E-state index contributed by atoms with van der Waals surface area (Å²) >= 11 is 5.93. The quantitative estimate of drug-likeness (QED) is 0.800. The molecule has 5 heteroatoms. The molecule has 2 aromatic carbocycles. The first kappa shape index (κ1) is 18.0. The molecule has 0 saturated heterocycles. The topological polar surface area (TPSA) is 55.4 Å². The van der Waals surface area contributed by atoms with E-state index < -0.39 is 12.1 Å². The van der Waals surface area contributed by atoms with Gasteiger partial charge in [-0.15, -0.1) is 0 Å². The van der Waals surface area contributed by atoms with Gasteiger partial charge in [0, 0.05) is 17.1 Å². The SMILES string of the molecule is Cc1ccc(Cl)cc1NC(=O)C(C)OC(=O)CCc1ccccc1. The smallest absolute Gasteiger partial charge is 0.306 e. The highest BCUT2D eigenvalue weighted by molar-refractivity contribution is 6.31. The van der Waals surface area contributed by atoms with Crippen LogP contribution in [-0.2, 0) is 20.7 Å². The standard InChI is InChI=1S/C19H20ClNO3/c1-13-8-10-16(20)12-17(13)21-19(23)14(2)24-18(22)11-9-15-6-4-3-5-7-15/h3-8,10,12,14H,9,11H2,1-2H3,(H,21,23). The van der Waals surface area contributed by atoms with E-state index in [1.54, 1.807) is 19.1 Å². The molecular formula is C19H20ClNO3. The molecule has 0 heterocycles. The molecule has 1 amide bonds. The number of carbonyl (C=O) groups excluding carboxylic acids is 2. The molecule has 0 spiro atoms. The zero-order valence-corrected chi connectivity index (χ0v) is 14.5. The van der Waals surface area contributed by atoms with Gasteiger partial charge < -0.3 is 10.1 Å². The van der Waals surface area contributed by atoms with Crippen LogP contribution in [0, 0.1) is 6.92 Å². The van der Waals surface area contributed by atoms with Crippen molar-refractivity contribution in [2.75, 3.05) is 5.32 Å². The van der Waals surface area contributed by atoms with Gasteiger partial charge in [-0.1, -0.05) is 48.0 Å². The Labute approximate surface area is 146 Å². The third kappa shape index (κ3) is 5.39. The normalized spacial score (nSPS) is 11.6. The van der Waals surface area contributed by atoms with Crippen LogP contribution in [-0.4, -0.2) is 18.0 Å². The van der Waals surface area contributed by atoms with Crippen molar-refractivity contribution in [3.63, 3.8) is 0 Å². The first-order valence-corrected chi connectivity index (χ1v) is 8.14. The zero-order valence-electron chi connectivity index (χ0n) is 13.7. The Bertz CT molecular complexity index is 716. The van der Waals surface area contributed by atoms with Gasteiger partial charge in [-0.05, 0) is 43.5 Å². The van der Waals surface area contributed by atoms with Gasteiger partial charge in [0.1, 0.15) is 0 Å². The number of ether oxygens (including phenoxy) is 1. The molecule has 1 unspecified atom stereocenters. The number of halogens is 1. The van der Waals surface area contributed by atoms with E-state index in [0.29, 0.717) is 17.1 Å². The van der Waals surface area contributed by atoms with Crippen molar-refractivity contribution in [3.8, 4) is 0 Å². The molecule has 0 aliphatic heterocycles. The number of amides is 1. The summed E-state index contributed by atoms with van der Waals surface area (Å²) in [5.74, 6) is -0.780. The van der Waals surface area contributed by atoms with E-state index in [1.807, 2.05) is 43.3 Å². The van der Waals surface area contributed by atoms with Gasteiger partial charge in [-0.25, -0.2) is 0 Å². The molecule has 0 radical (unpaired) electrons. The minimum atomic E-state index is -0.869. The molecule has 2 aromatic rings. The van der Waals surface area contributed by atoms with Crippen LogP contribution in [0.25, 0.3) is 0 Å². The molecule has 24 heavy (non-hydrogen) atoms. The van der Waals surface area contributed by atoms with Crippen molar-refractivity contribution in [2.45, 2.75) is 32.8 Å². The maximum Gasteiger partial charge on any atom is 0.306 e. The number of esters is 1. The first-order valence-electron chi connectivity index (χ1n) is 7.76. The van der Waals surface area contributed by atoms with Gasteiger partial charge in [0.25, 0.3) is 5.91 Å². The zero-order chi connectivity index (χ0) is 17.5. The summed E-state index contributed by atoms with van der Waals surface area (Å²) in [5.41, 5.74) is 2.55. The highest BCUT2D eigenvalue weighted by atomic mass is 35.5. The van der Waals surface area contributed by atoms with E-state index in [1.165, 1.54) is 0 Å². The summed E-state index contributed by atoms with van der Waals surface area (Å²) in [6, 6.07) is 14.9. The van der Waals surface area contributed by atoms with Crippen LogP contribution >= 0.6 is 11.6 Å². The van der Waals surface area contributed by atoms with E-state index in [9.17, 15) is 9.59 Å². The minimum absolute atomic E-state index is 0.234. The first-order chi connectivity index (χ1) is 11.5. The van der Waals surface area contributed by atoms with Crippen LogP contribution in [0.15, 0.2) is 48.5 Å². The molecule has 4 nitrogen and oxygen atoms in total. The number of aryl methyl sites for hydroxylation is 2. The predicted molar refractivity (Wildman–Crippen MR) is 95.1 cm³/mol. The van der Waals surface area contributed by atoms with Gasteiger partial charge in [-0.3, -0.25) is 9.59 Å². The largest absolute Gasteiger partial charge is 0.453 e. The lowest BCUT2D eigenvalue weighted by atomic mass is 10.1. The number of hydrogen-bond acceptors (Lipinski definition) is 3. The Morgan fingerprint density at radius 3 is 2.58 bits per heavy atom. The third-order valence-corrected chi connectivity index (χ3v) is 3.83. The Morgan fingerprint density at radius 1 is 1.17 bits per heavy atom. The fourth-order valence-electron chi connectivity index (χ4n) is 2.16. The molecule has 1 N–H and O–H groups in total. The maximum atomic E-state index is 12.2. The van der Waals surface area contributed by atoms with Crippen molar-refractivity contribution in [2.24, 2.45) is 0 Å². The van der Waals surface area contributed by atoms with Crippen molar-refractivity contribution >= 4 is 29.2 Å². The van der Waals surface area contributed by atoms with Gasteiger partial charge in [0.15, 0.2) is 6.10 Å². The van der Waals surface area contributed by atoms with E-state index in [4.69, 9.17) is 16.3 Å². The van der Waals surface area contributed by atoms with Crippen molar-refractivity contribution in [1.29, 1.82) is 0 Å². The Kier molecular flexibility index (Phi) is 6.38. The minimum Gasteiger partial charge on any atom is -0.453 e. The predicted octanol–water partition coefficient (Wildman–Crippen LogP) is 4.15. The van der Waals surface area contributed by atoms with Crippen LogP contribution < -0.4 is 5.32 Å². The van der Waals surface area contributed by atoms with Gasteiger partial charge in [0.2, 0.25) is 0 Å². The Morgan fingerprint density at radius 2 is 1.88 bits per heavy atom. The maximum absolute atomic E-state index is 12.2. The average Bonchev–Trinajstić information content (AvgIpc) is 2.57. The molecule has 0 aliphatic carbocycles. The van der Waals surface area contributed by atoms with Crippen molar-refractivity contribution in [3.05, 3.63) is 64.7 Å². The van der Waals surface area contributed by atoms with E-state index >= 15 is 0 Å². The van der Waals surface area contributed by atoms with Crippen LogP contribution in [0.2, 0.25) is 5.02 Å². The highest BCUT2D eigenvalue weighted by Gasteiger charge is 2.18. The molecular weight excluding hydrogens is 326 g/mol. The molecule has 0 aromatic heterocycles. The Balaban J connectivity index is 1.84. The average molecular weight is 346 g/mol. The molecule has 0 aliphatic rings. The molecule has 0 fully saturated rings. The highest BCUT2D eigenvalue weighted by Crippen LogP contribution is 2.20. The van der Waals surface area contributed by atoms with E-state index in [0.717, 1.165) is 11.1 Å². The summed E-state index contributed by atoms with van der Waals surface area (Å²) in [6.45, 7) is 3.41. The summed E-state index contributed by atoms with van der Waals surface area (Å²) < 4.78 is 5.19. The van der Waals surface area contributed by atoms with Crippen LogP contribution in [0.1, 0.15) is 24.5 Å². The lowest BCUT2D eigenvalue weighted by Gasteiger charge is -2.15. The lowest BCUT2D eigenvalue weighted by Crippen LogP contribution is -2.30.